The van der Waals surface area contributed by atoms with Crippen molar-refractivity contribution >= 4 is 15.9 Å². The number of alkyl halides is 1. The lowest BCUT2D eigenvalue weighted by atomic mass is 9.75. The van der Waals surface area contributed by atoms with Crippen LogP contribution in [0, 0.1) is 5.41 Å². The van der Waals surface area contributed by atoms with Crippen LogP contribution in [0.4, 0.5) is 0 Å². The van der Waals surface area contributed by atoms with Crippen molar-refractivity contribution < 1.29 is 0 Å². The highest BCUT2D eigenvalue weighted by atomic mass is 79.9. The van der Waals surface area contributed by atoms with E-state index in [4.69, 9.17) is 0 Å². The first-order valence-corrected chi connectivity index (χ1v) is 8.06. The summed E-state index contributed by atoms with van der Waals surface area (Å²) in [7, 11) is 2.32. The van der Waals surface area contributed by atoms with Gasteiger partial charge in [-0.25, -0.2) is 0 Å². The van der Waals surface area contributed by atoms with Crippen LogP contribution in [0.2, 0.25) is 0 Å². The summed E-state index contributed by atoms with van der Waals surface area (Å²) in [4.78, 5) is 2.60. The average molecular weight is 290 g/mol. The second-order valence-corrected chi connectivity index (χ2v) is 6.14. The molecule has 0 unspecified atom stereocenters. The summed E-state index contributed by atoms with van der Waals surface area (Å²) in [5.74, 6) is 0. The van der Waals surface area contributed by atoms with Gasteiger partial charge in [-0.05, 0) is 38.1 Å². The maximum absolute atomic E-state index is 3.76. The first kappa shape index (κ1) is 14.5. The third-order valence-corrected chi connectivity index (χ3v) is 5.54. The third-order valence-electron chi connectivity index (χ3n) is 4.35. The van der Waals surface area contributed by atoms with E-state index in [2.05, 4.69) is 41.7 Å². The Morgan fingerprint density at radius 1 is 1.12 bits per heavy atom. The van der Waals surface area contributed by atoms with Gasteiger partial charge in [-0.15, -0.1) is 0 Å². The largest absolute Gasteiger partial charge is 0.303 e. The van der Waals surface area contributed by atoms with Crippen molar-refractivity contribution in [3.8, 4) is 0 Å². The van der Waals surface area contributed by atoms with Gasteiger partial charge in [-0.1, -0.05) is 49.0 Å². The Hall–Kier alpha value is 0.440. The monoisotopic (exact) mass is 289 g/mol. The van der Waals surface area contributed by atoms with Crippen molar-refractivity contribution in [2.75, 3.05) is 18.9 Å². The second kappa shape index (κ2) is 7.00. The molecule has 0 atom stereocenters. The maximum atomic E-state index is 3.76. The average Bonchev–Trinajstić information content (AvgIpc) is 2.32. The van der Waals surface area contributed by atoms with Gasteiger partial charge in [0.15, 0.2) is 0 Å². The number of halogens is 1. The number of rotatable bonds is 6. The molecule has 0 aliphatic heterocycles. The maximum Gasteiger partial charge on any atom is 0.0100 e. The molecule has 2 heteroatoms. The molecule has 1 fully saturated rings. The molecule has 1 aliphatic carbocycles. The molecule has 0 heterocycles. The summed E-state index contributed by atoms with van der Waals surface area (Å²) >= 11 is 3.76. The van der Waals surface area contributed by atoms with Gasteiger partial charge in [0, 0.05) is 17.9 Å². The second-order valence-electron chi connectivity index (χ2n) is 5.58. The predicted octanol–water partition coefficient (Wildman–Crippen LogP) is 4.45. The molecule has 0 N–H and O–H groups in total. The Kier molecular flexibility index (Phi) is 6.35. The molecule has 96 valence electrons. The van der Waals surface area contributed by atoms with E-state index in [-0.39, 0.29) is 0 Å². The lowest BCUT2D eigenvalue weighted by Crippen LogP contribution is -2.42. The Bertz CT molecular complexity index is 183. The molecule has 0 radical (unpaired) electrons. The van der Waals surface area contributed by atoms with E-state index in [9.17, 15) is 0 Å². The van der Waals surface area contributed by atoms with Crippen molar-refractivity contribution in [3.63, 3.8) is 0 Å². The van der Waals surface area contributed by atoms with E-state index in [1.807, 2.05) is 0 Å². The van der Waals surface area contributed by atoms with E-state index in [1.54, 1.807) is 0 Å². The summed E-state index contributed by atoms with van der Waals surface area (Å²) in [5.41, 5.74) is 0.565. The predicted molar refractivity (Wildman–Crippen MR) is 76.3 cm³/mol. The fraction of sp³-hybridized carbons (Fsp3) is 1.00. The standard InChI is InChI=1S/C14H28BrN/c1-4-13(5-2)16(3)12-14(11-15)9-7-6-8-10-14/h13H,4-12H2,1-3H3. The van der Waals surface area contributed by atoms with Gasteiger partial charge in [-0.3, -0.25) is 0 Å². The molecule has 1 saturated carbocycles. The Morgan fingerprint density at radius 2 is 1.69 bits per heavy atom. The SMILES string of the molecule is CCC(CC)N(C)CC1(CBr)CCCCC1. The van der Waals surface area contributed by atoms with Crippen molar-refractivity contribution in [3.05, 3.63) is 0 Å². The van der Waals surface area contributed by atoms with E-state index in [1.165, 1.54) is 56.8 Å². The Labute approximate surface area is 110 Å². The minimum absolute atomic E-state index is 0.565. The van der Waals surface area contributed by atoms with Crippen molar-refractivity contribution in [1.82, 2.24) is 4.90 Å². The fourth-order valence-electron chi connectivity index (χ4n) is 3.21. The van der Waals surface area contributed by atoms with Crippen molar-refractivity contribution in [2.45, 2.75) is 64.8 Å². The first-order valence-electron chi connectivity index (χ1n) is 6.93. The van der Waals surface area contributed by atoms with E-state index in [0.717, 1.165) is 6.04 Å². The molecule has 0 aromatic heterocycles. The molecule has 1 rings (SSSR count). The van der Waals surface area contributed by atoms with E-state index >= 15 is 0 Å². The molecule has 16 heavy (non-hydrogen) atoms. The highest BCUT2D eigenvalue weighted by Gasteiger charge is 2.33. The van der Waals surface area contributed by atoms with Crippen LogP contribution in [0.15, 0.2) is 0 Å². The van der Waals surface area contributed by atoms with Crippen molar-refractivity contribution in [2.24, 2.45) is 5.41 Å². The molecule has 0 aromatic carbocycles. The van der Waals surface area contributed by atoms with Gasteiger partial charge < -0.3 is 4.90 Å². The summed E-state index contributed by atoms with van der Waals surface area (Å²) in [5, 5.41) is 1.19. The highest BCUT2D eigenvalue weighted by Crippen LogP contribution is 2.38. The van der Waals surface area contributed by atoms with Gasteiger partial charge in [0.25, 0.3) is 0 Å². The molecule has 1 aliphatic rings. The normalized spacial score (nSPS) is 20.6. The summed E-state index contributed by atoms with van der Waals surface area (Å²) in [6.07, 6.45) is 9.72. The smallest absolute Gasteiger partial charge is 0.0100 e. The van der Waals surface area contributed by atoms with Crippen LogP contribution >= 0.6 is 15.9 Å². The highest BCUT2D eigenvalue weighted by molar-refractivity contribution is 9.09. The van der Waals surface area contributed by atoms with Gasteiger partial charge in [-0.2, -0.15) is 0 Å². The topological polar surface area (TPSA) is 3.24 Å². The van der Waals surface area contributed by atoms with Crippen LogP contribution in [-0.2, 0) is 0 Å². The number of hydrogen-bond acceptors (Lipinski definition) is 1. The molecule has 0 aromatic rings. The summed E-state index contributed by atoms with van der Waals surface area (Å²) in [6, 6.07) is 0.776. The van der Waals surface area contributed by atoms with E-state index in [0.29, 0.717) is 5.41 Å². The molecular formula is C14H28BrN. The quantitative estimate of drug-likeness (QED) is 0.653. The van der Waals surface area contributed by atoms with Crippen LogP contribution in [0.1, 0.15) is 58.8 Å². The van der Waals surface area contributed by atoms with Crippen LogP contribution < -0.4 is 0 Å². The number of nitrogens with zero attached hydrogens (tertiary/aromatic N) is 1. The van der Waals surface area contributed by atoms with Crippen molar-refractivity contribution in [1.29, 1.82) is 0 Å². The molecule has 0 spiro atoms. The van der Waals surface area contributed by atoms with Gasteiger partial charge in [0.1, 0.15) is 0 Å². The molecule has 0 saturated heterocycles. The molecule has 0 amide bonds. The zero-order valence-electron chi connectivity index (χ0n) is 11.3. The molecule has 1 nitrogen and oxygen atoms in total. The summed E-state index contributed by atoms with van der Waals surface area (Å²) < 4.78 is 0. The fourth-order valence-corrected chi connectivity index (χ4v) is 3.94. The Balaban J connectivity index is 2.54. The minimum atomic E-state index is 0.565. The molecule has 0 bridgehead atoms. The van der Waals surface area contributed by atoms with E-state index < -0.39 is 0 Å². The van der Waals surface area contributed by atoms with Gasteiger partial charge in [0.05, 0.1) is 0 Å². The number of hydrogen-bond donors (Lipinski definition) is 0. The van der Waals surface area contributed by atoms with Crippen LogP contribution in [-0.4, -0.2) is 29.9 Å². The lowest BCUT2D eigenvalue weighted by Gasteiger charge is -2.41. The lowest BCUT2D eigenvalue weighted by molar-refractivity contribution is 0.111. The summed E-state index contributed by atoms with van der Waals surface area (Å²) in [6.45, 7) is 5.91. The third kappa shape index (κ3) is 3.73. The van der Waals surface area contributed by atoms with Gasteiger partial charge in [0.2, 0.25) is 0 Å². The zero-order valence-corrected chi connectivity index (χ0v) is 12.9. The first-order chi connectivity index (χ1) is 7.67. The van der Waals surface area contributed by atoms with Crippen LogP contribution in [0.25, 0.3) is 0 Å². The molecular weight excluding hydrogens is 262 g/mol. The zero-order chi connectivity index (χ0) is 12.0. The van der Waals surface area contributed by atoms with Gasteiger partial charge >= 0.3 is 0 Å². The Morgan fingerprint density at radius 3 is 2.12 bits per heavy atom. The minimum Gasteiger partial charge on any atom is -0.303 e. The van der Waals surface area contributed by atoms with Crippen LogP contribution in [0.5, 0.6) is 0 Å². The van der Waals surface area contributed by atoms with Crippen LogP contribution in [0.3, 0.4) is 0 Å².